The Balaban J connectivity index is 3.39. The number of rotatable bonds is 4. The molecule has 3 heteroatoms. The summed E-state index contributed by atoms with van der Waals surface area (Å²) in [5.74, 6) is 0.0912. The molecule has 0 amide bonds. The third kappa shape index (κ3) is 5.00. The second-order valence-electron chi connectivity index (χ2n) is 2.06. The van der Waals surface area contributed by atoms with E-state index in [-0.39, 0.29) is 5.84 Å². The van der Waals surface area contributed by atoms with Crippen LogP contribution in [0.15, 0.2) is 0 Å². The molecule has 0 bridgehead atoms. The summed E-state index contributed by atoms with van der Waals surface area (Å²) >= 11 is 0. The molecule has 0 saturated carbocycles. The highest BCUT2D eigenvalue weighted by Crippen LogP contribution is 1.92. The lowest BCUT2D eigenvalue weighted by atomic mass is 10.1. The van der Waals surface area contributed by atoms with E-state index in [9.17, 15) is 0 Å². The van der Waals surface area contributed by atoms with Gasteiger partial charge in [-0.2, -0.15) is 0 Å². The van der Waals surface area contributed by atoms with Crippen LogP contribution in [0.4, 0.5) is 0 Å². The highest BCUT2D eigenvalue weighted by Gasteiger charge is 1.95. The first-order chi connectivity index (χ1) is 4.16. The minimum atomic E-state index is 0.0912. The van der Waals surface area contributed by atoms with Crippen LogP contribution in [0.5, 0.6) is 0 Å². The molecule has 0 unspecified atom stereocenters. The maximum absolute atomic E-state index is 7.20. The summed E-state index contributed by atoms with van der Waals surface area (Å²) in [6, 6.07) is 0. The molecule has 0 aliphatic rings. The Morgan fingerprint density at radius 1 is 1.44 bits per heavy atom. The molecule has 0 rings (SSSR count). The summed E-state index contributed by atoms with van der Waals surface area (Å²) < 4.78 is 0. The van der Waals surface area contributed by atoms with Crippen molar-refractivity contribution in [1.29, 1.82) is 10.8 Å². The maximum atomic E-state index is 7.20. The zero-order valence-electron chi connectivity index (χ0n) is 5.70. The maximum Gasteiger partial charge on any atom is 0.0962 e. The molecule has 0 aromatic heterocycles. The van der Waals surface area contributed by atoms with Crippen LogP contribution >= 0.6 is 0 Å². The van der Waals surface area contributed by atoms with Gasteiger partial charge in [0.25, 0.3) is 0 Å². The van der Waals surface area contributed by atoms with E-state index in [2.05, 4.69) is 0 Å². The summed E-state index contributed by atoms with van der Waals surface area (Å²) in [6.45, 7) is 2.01. The van der Waals surface area contributed by atoms with Crippen molar-refractivity contribution in [2.24, 2.45) is 5.73 Å². The zero-order chi connectivity index (χ0) is 7.28. The summed E-state index contributed by atoms with van der Waals surface area (Å²) in [5, 5.41) is 14.0. The molecule has 0 aromatic carbocycles. The lowest BCUT2D eigenvalue weighted by Crippen LogP contribution is -2.14. The average molecular weight is 127 g/mol. The van der Waals surface area contributed by atoms with E-state index in [4.69, 9.17) is 16.6 Å². The standard InChI is InChI=1S/C6H13N3/c1-2-3-5(7)4-6(8)9/h7H,2-4H2,1H3,(H3,8,9). The van der Waals surface area contributed by atoms with Crippen LogP contribution in [0.2, 0.25) is 0 Å². The van der Waals surface area contributed by atoms with E-state index in [0.29, 0.717) is 12.1 Å². The second-order valence-corrected chi connectivity index (χ2v) is 2.06. The molecule has 52 valence electrons. The van der Waals surface area contributed by atoms with E-state index < -0.39 is 0 Å². The molecule has 0 atom stereocenters. The molecule has 0 heterocycles. The third-order valence-electron chi connectivity index (χ3n) is 0.956. The predicted octanol–water partition coefficient (Wildman–Crippen LogP) is 1.13. The average Bonchev–Trinajstić information content (AvgIpc) is 1.63. The second kappa shape index (κ2) is 4.06. The summed E-state index contributed by atoms with van der Waals surface area (Å²) in [7, 11) is 0. The van der Waals surface area contributed by atoms with Gasteiger partial charge in [-0.15, -0.1) is 0 Å². The fraction of sp³-hybridized carbons (Fsp3) is 0.667. The van der Waals surface area contributed by atoms with Crippen molar-refractivity contribution in [3.63, 3.8) is 0 Å². The molecule has 0 saturated heterocycles. The van der Waals surface area contributed by atoms with E-state index in [1.54, 1.807) is 0 Å². The molecule has 0 radical (unpaired) electrons. The number of amidine groups is 1. The van der Waals surface area contributed by atoms with Gasteiger partial charge in [0.1, 0.15) is 0 Å². The van der Waals surface area contributed by atoms with Gasteiger partial charge in [0.15, 0.2) is 0 Å². The predicted molar refractivity (Wildman–Crippen MR) is 39.2 cm³/mol. The van der Waals surface area contributed by atoms with E-state index >= 15 is 0 Å². The van der Waals surface area contributed by atoms with Crippen LogP contribution in [0.3, 0.4) is 0 Å². The minimum Gasteiger partial charge on any atom is -0.387 e. The number of nitrogens with two attached hydrogens (primary N) is 1. The van der Waals surface area contributed by atoms with Gasteiger partial charge in [-0.05, 0) is 6.42 Å². The quantitative estimate of drug-likeness (QED) is 0.384. The SMILES string of the molecule is CCCC(=N)CC(=N)N. The molecule has 0 aliphatic carbocycles. The van der Waals surface area contributed by atoms with Gasteiger partial charge in [-0.1, -0.05) is 13.3 Å². The van der Waals surface area contributed by atoms with E-state index in [1.165, 1.54) is 0 Å². The smallest absolute Gasteiger partial charge is 0.0962 e. The van der Waals surface area contributed by atoms with Gasteiger partial charge in [0, 0.05) is 12.1 Å². The molecular weight excluding hydrogens is 114 g/mol. The molecule has 0 fully saturated rings. The highest BCUT2D eigenvalue weighted by atomic mass is 14.7. The van der Waals surface area contributed by atoms with Gasteiger partial charge in [-0.25, -0.2) is 0 Å². The first kappa shape index (κ1) is 8.14. The monoisotopic (exact) mass is 127 g/mol. The third-order valence-corrected chi connectivity index (χ3v) is 0.956. The van der Waals surface area contributed by atoms with Crippen molar-refractivity contribution in [2.45, 2.75) is 26.2 Å². The van der Waals surface area contributed by atoms with Crippen LogP contribution < -0.4 is 5.73 Å². The van der Waals surface area contributed by atoms with Crippen molar-refractivity contribution < 1.29 is 0 Å². The summed E-state index contributed by atoms with van der Waals surface area (Å²) in [4.78, 5) is 0. The largest absolute Gasteiger partial charge is 0.387 e. The Hall–Kier alpha value is -0.860. The van der Waals surface area contributed by atoms with Gasteiger partial charge in [0.05, 0.1) is 5.84 Å². The van der Waals surface area contributed by atoms with Crippen LogP contribution in [-0.4, -0.2) is 11.5 Å². The Morgan fingerprint density at radius 2 is 2.00 bits per heavy atom. The van der Waals surface area contributed by atoms with Crippen molar-refractivity contribution in [3.8, 4) is 0 Å². The van der Waals surface area contributed by atoms with Gasteiger partial charge in [-0.3, -0.25) is 5.41 Å². The van der Waals surface area contributed by atoms with Crippen molar-refractivity contribution >= 4 is 11.5 Å². The van der Waals surface area contributed by atoms with Crippen LogP contribution in [-0.2, 0) is 0 Å². The number of nitrogens with one attached hydrogen (secondary N) is 2. The Kier molecular flexibility index (Phi) is 3.67. The van der Waals surface area contributed by atoms with Crippen LogP contribution in [0.25, 0.3) is 0 Å². The van der Waals surface area contributed by atoms with E-state index in [0.717, 1.165) is 12.8 Å². The summed E-state index contributed by atoms with van der Waals surface area (Å²) in [5.41, 5.74) is 5.63. The highest BCUT2D eigenvalue weighted by molar-refractivity contribution is 5.99. The molecule has 9 heavy (non-hydrogen) atoms. The van der Waals surface area contributed by atoms with Gasteiger partial charge >= 0.3 is 0 Å². The minimum absolute atomic E-state index is 0.0912. The first-order valence-corrected chi connectivity index (χ1v) is 3.06. The fourth-order valence-electron chi connectivity index (χ4n) is 0.620. The number of hydrogen-bond acceptors (Lipinski definition) is 2. The first-order valence-electron chi connectivity index (χ1n) is 3.06. The molecule has 0 spiro atoms. The topological polar surface area (TPSA) is 73.7 Å². The van der Waals surface area contributed by atoms with Gasteiger partial charge in [0.2, 0.25) is 0 Å². The van der Waals surface area contributed by atoms with Crippen LogP contribution in [0.1, 0.15) is 26.2 Å². The molecule has 3 nitrogen and oxygen atoms in total. The molecule has 0 aromatic rings. The van der Waals surface area contributed by atoms with Crippen LogP contribution in [0, 0.1) is 10.8 Å². The van der Waals surface area contributed by atoms with Crippen molar-refractivity contribution in [1.82, 2.24) is 0 Å². The Bertz CT molecular complexity index is 117. The summed E-state index contributed by atoms with van der Waals surface area (Å²) in [6.07, 6.45) is 2.07. The molecule has 0 aliphatic heterocycles. The van der Waals surface area contributed by atoms with E-state index in [1.807, 2.05) is 6.92 Å². The van der Waals surface area contributed by atoms with Crippen molar-refractivity contribution in [2.75, 3.05) is 0 Å². The molecule has 4 N–H and O–H groups in total. The Morgan fingerprint density at radius 3 is 2.33 bits per heavy atom. The normalized spacial score (nSPS) is 9.00. The van der Waals surface area contributed by atoms with Gasteiger partial charge < -0.3 is 11.1 Å². The lowest BCUT2D eigenvalue weighted by molar-refractivity contribution is 0.972. The molecular formula is C6H13N3. The Labute approximate surface area is 55.3 Å². The number of hydrogen-bond donors (Lipinski definition) is 3. The lowest BCUT2D eigenvalue weighted by Gasteiger charge is -1.97. The van der Waals surface area contributed by atoms with Crippen molar-refractivity contribution in [3.05, 3.63) is 0 Å². The fourth-order valence-corrected chi connectivity index (χ4v) is 0.620. The zero-order valence-corrected chi connectivity index (χ0v) is 5.70.